The third kappa shape index (κ3) is 4.19. The summed E-state index contributed by atoms with van der Waals surface area (Å²) in [7, 11) is 1.43. The molecule has 1 N–H and O–H groups in total. The van der Waals surface area contributed by atoms with Crippen LogP contribution in [0.3, 0.4) is 0 Å². The number of carboxylic acid groups (broad SMARTS) is 1. The Balaban J connectivity index is 1.66. The van der Waals surface area contributed by atoms with Crippen LogP contribution in [0, 0.1) is 0 Å². The minimum Gasteiger partial charge on any atom is -0.478 e. The van der Waals surface area contributed by atoms with E-state index in [4.69, 9.17) is 5.10 Å². The largest absolute Gasteiger partial charge is 0.478 e. The highest BCUT2D eigenvalue weighted by atomic mass is 16.4. The van der Waals surface area contributed by atoms with Crippen molar-refractivity contribution in [1.82, 2.24) is 23.9 Å². The summed E-state index contributed by atoms with van der Waals surface area (Å²) in [5.74, 6) is -1.08. The molecule has 3 aromatic carbocycles. The van der Waals surface area contributed by atoms with Crippen LogP contribution in [0.2, 0.25) is 0 Å². The van der Waals surface area contributed by atoms with Crippen molar-refractivity contribution >= 4 is 27.8 Å². The molecule has 0 aliphatic carbocycles. The van der Waals surface area contributed by atoms with Crippen molar-refractivity contribution in [2.45, 2.75) is 13.1 Å². The van der Waals surface area contributed by atoms with Gasteiger partial charge in [0.1, 0.15) is 5.39 Å². The second kappa shape index (κ2) is 9.53. The minimum absolute atomic E-state index is 0.0825. The zero-order valence-electron chi connectivity index (χ0n) is 21.0. The number of fused-ring (bicyclic) bond motifs is 2. The van der Waals surface area contributed by atoms with Crippen LogP contribution in [-0.4, -0.2) is 35.0 Å². The molecule has 0 saturated carbocycles. The molecule has 6 aromatic rings. The Kier molecular flexibility index (Phi) is 5.88. The Morgan fingerprint density at radius 3 is 2.51 bits per heavy atom. The van der Waals surface area contributed by atoms with E-state index in [-0.39, 0.29) is 23.1 Å². The van der Waals surface area contributed by atoms with E-state index in [9.17, 15) is 19.5 Å². The van der Waals surface area contributed by atoms with Crippen molar-refractivity contribution in [3.8, 4) is 11.3 Å². The number of nitrogens with zero attached hydrogens (tertiary/aromatic N) is 5. The van der Waals surface area contributed by atoms with Crippen molar-refractivity contribution in [3.63, 3.8) is 0 Å². The lowest BCUT2D eigenvalue weighted by Crippen LogP contribution is -2.38. The monoisotopic (exact) mass is 517 g/mol. The van der Waals surface area contributed by atoms with Gasteiger partial charge in [-0.05, 0) is 40.1 Å². The molecular formula is C30H23N5O4. The molecule has 0 amide bonds. The molecule has 0 spiro atoms. The Bertz CT molecular complexity index is 2000. The molecule has 9 nitrogen and oxygen atoms in total. The fraction of sp³-hybridized carbons (Fsp3) is 0.100. The molecule has 9 heteroatoms. The van der Waals surface area contributed by atoms with Gasteiger partial charge in [0.25, 0.3) is 5.56 Å². The standard InChI is InChI=1S/C30H23N5O4/c1-33-28(36)25-26(21-10-5-11-22(15-21)29(37)38)35(18-23-12-4-9-20-8-2-3-13-24(20)23)32-27(25)34(30(33)39)17-19-7-6-14-31-16-19/h2-16H,17-18H2,1H3,(H,37,38). The van der Waals surface area contributed by atoms with E-state index in [1.165, 1.54) is 23.7 Å². The zero-order chi connectivity index (χ0) is 27.1. The number of pyridine rings is 1. The summed E-state index contributed by atoms with van der Waals surface area (Å²) >= 11 is 0. The molecule has 192 valence electrons. The van der Waals surface area contributed by atoms with Crippen molar-refractivity contribution in [3.05, 3.63) is 129 Å². The van der Waals surface area contributed by atoms with E-state index >= 15 is 0 Å². The smallest absolute Gasteiger partial charge is 0.335 e. The molecule has 0 bridgehead atoms. The van der Waals surface area contributed by atoms with Gasteiger partial charge in [0.15, 0.2) is 5.65 Å². The first kappa shape index (κ1) is 24.1. The number of aromatic nitrogens is 5. The predicted octanol–water partition coefficient (Wildman–Crippen LogP) is 3.91. The van der Waals surface area contributed by atoms with E-state index in [0.29, 0.717) is 17.8 Å². The van der Waals surface area contributed by atoms with E-state index < -0.39 is 17.2 Å². The number of aromatic carboxylic acids is 1. The van der Waals surface area contributed by atoms with Gasteiger partial charge in [-0.2, -0.15) is 5.10 Å². The molecule has 0 fully saturated rings. The normalized spacial score (nSPS) is 11.3. The average molecular weight is 518 g/mol. The maximum atomic E-state index is 13.6. The summed E-state index contributed by atoms with van der Waals surface area (Å²) in [5.41, 5.74) is 2.01. The molecule has 6 rings (SSSR count). The van der Waals surface area contributed by atoms with Gasteiger partial charge >= 0.3 is 11.7 Å². The molecule has 0 atom stereocenters. The molecule has 0 aliphatic heterocycles. The lowest BCUT2D eigenvalue weighted by atomic mass is 10.0. The highest BCUT2D eigenvalue weighted by Crippen LogP contribution is 2.29. The number of carboxylic acids is 1. The first-order valence-corrected chi connectivity index (χ1v) is 12.3. The van der Waals surface area contributed by atoms with Gasteiger partial charge in [0, 0.05) is 25.0 Å². The summed E-state index contributed by atoms with van der Waals surface area (Å²) < 4.78 is 4.21. The van der Waals surface area contributed by atoms with Gasteiger partial charge in [-0.1, -0.05) is 60.7 Å². The van der Waals surface area contributed by atoms with Crippen LogP contribution >= 0.6 is 0 Å². The second-order valence-electron chi connectivity index (χ2n) is 9.32. The Morgan fingerprint density at radius 2 is 1.72 bits per heavy atom. The lowest BCUT2D eigenvalue weighted by molar-refractivity contribution is 0.0697. The molecule has 0 aliphatic rings. The summed E-state index contributed by atoms with van der Waals surface area (Å²) in [4.78, 5) is 42.9. The Hall–Kier alpha value is -5.31. The van der Waals surface area contributed by atoms with Crippen molar-refractivity contribution < 1.29 is 9.90 Å². The summed E-state index contributed by atoms with van der Waals surface area (Å²) in [5, 5.41) is 16.8. The number of rotatable bonds is 6. The molecule has 39 heavy (non-hydrogen) atoms. The average Bonchev–Trinajstić information content (AvgIpc) is 3.34. The second-order valence-corrected chi connectivity index (χ2v) is 9.32. The summed E-state index contributed by atoms with van der Waals surface area (Å²) in [6, 6.07) is 24.0. The van der Waals surface area contributed by atoms with Gasteiger partial charge in [0.2, 0.25) is 0 Å². The Morgan fingerprint density at radius 1 is 0.923 bits per heavy atom. The van der Waals surface area contributed by atoms with Crippen LogP contribution in [0.4, 0.5) is 0 Å². The van der Waals surface area contributed by atoms with Crippen LogP contribution in [-0.2, 0) is 20.1 Å². The van der Waals surface area contributed by atoms with Gasteiger partial charge in [0.05, 0.1) is 24.3 Å². The molecule has 0 unspecified atom stereocenters. The third-order valence-corrected chi connectivity index (χ3v) is 6.87. The minimum atomic E-state index is -1.08. The zero-order valence-corrected chi connectivity index (χ0v) is 21.0. The number of benzene rings is 3. The van der Waals surface area contributed by atoms with E-state index in [2.05, 4.69) is 4.98 Å². The van der Waals surface area contributed by atoms with Crippen LogP contribution in [0.15, 0.2) is 101 Å². The van der Waals surface area contributed by atoms with Crippen LogP contribution < -0.4 is 11.2 Å². The first-order chi connectivity index (χ1) is 18.9. The fourth-order valence-corrected chi connectivity index (χ4v) is 4.98. The topological polar surface area (TPSA) is 112 Å². The van der Waals surface area contributed by atoms with Crippen LogP contribution in [0.25, 0.3) is 33.1 Å². The van der Waals surface area contributed by atoms with Gasteiger partial charge in [-0.25, -0.2) is 9.59 Å². The summed E-state index contributed by atoms with van der Waals surface area (Å²) in [6.07, 6.45) is 3.31. The van der Waals surface area contributed by atoms with Gasteiger partial charge in [-0.3, -0.25) is 23.6 Å². The van der Waals surface area contributed by atoms with Crippen molar-refractivity contribution in [2.24, 2.45) is 7.05 Å². The van der Waals surface area contributed by atoms with Crippen molar-refractivity contribution in [2.75, 3.05) is 0 Å². The Labute approximate surface area is 221 Å². The van der Waals surface area contributed by atoms with E-state index in [0.717, 1.165) is 26.5 Å². The van der Waals surface area contributed by atoms with Gasteiger partial charge < -0.3 is 5.11 Å². The van der Waals surface area contributed by atoms with E-state index in [1.807, 2.05) is 48.5 Å². The predicted molar refractivity (Wildman–Crippen MR) is 148 cm³/mol. The quantitative estimate of drug-likeness (QED) is 0.359. The maximum Gasteiger partial charge on any atom is 0.335 e. The lowest BCUT2D eigenvalue weighted by Gasteiger charge is -2.11. The maximum absolute atomic E-state index is 13.6. The van der Waals surface area contributed by atoms with Gasteiger partial charge in [-0.15, -0.1) is 0 Å². The highest BCUT2D eigenvalue weighted by Gasteiger charge is 2.23. The number of hydrogen-bond donors (Lipinski definition) is 1. The fourth-order valence-electron chi connectivity index (χ4n) is 4.98. The molecular weight excluding hydrogens is 494 g/mol. The summed E-state index contributed by atoms with van der Waals surface area (Å²) in [6.45, 7) is 0.462. The number of carbonyl (C=O) groups is 1. The molecule has 3 heterocycles. The van der Waals surface area contributed by atoms with E-state index in [1.54, 1.807) is 35.3 Å². The third-order valence-electron chi connectivity index (χ3n) is 6.87. The molecule has 0 saturated heterocycles. The number of hydrogen-bond acceptors (Lipinski definition) is 5. The first-order valence-electron chi connectivity index (χ1n) is 12.3. The van der Waals surface area contributed by atoms with Crippen LogP contribution in [0.1, 0.15) is 21.5 Å². The molecule has 0 radical (unpaired) electrons. The van der Waals surface area contributed by atoms with Crippen LogP contribution in [0.5, 0.6) is 0 Å². The SMILES string of the molecule is Cn1c(=O)c2c(-c3cccc(C(=O)O)c3)n(Cc3cccc4ccccc34)nc2n(Cc2cccnc2)c1=O. The highest BCUT2D eigenvalue weighted by molar-refractivity contribution is 5.94. The molecule has 3 aromatic heterocycles. The van der Waals surface area contributed by atoms with Crippen molar-refractivity contribution in [1.29, 1.82) is 0 Å².